The Morgan fingerprint density at radius 3 is 2.63 bits per heavy atom. The molecule has 5 heteroatoms. The van der Waals surface area contributed by atoms with E-state index in [2.05, 4.69) is 21.2 Å². The molecular formula is C14H16BrNO3. The third-order valence-corrected chi connectivity index (χ3v) is 3.38. The van der Waals surface area contributed by atoms with Crippen LogP contribution >= 0.6 is 15.9 Å². The summed E-state index contributed by atoms with van der Waals surface area (Å²) < 4.78 is 11.5. The maximum absolute atomic E-state index is 9.69. The minimum absolute atomic E-state index is 0.106. The molecule has 1 aromatic carbocycles. The molecule has 0 amide bonds. The fourth-order valence-electron chi connectivity index (χ4n) is 1.84. The van der Waals surface area contributed by atoms with Crippen molar-refractivity contribution in [3.05, 3.63) is 46.8 Å². The van der Waals surface area contributed by atoms with Crippen LogP contribution in [-0.2, 0) is 5.54 Å². The van der Waals surface area contributed by atoms with Gasteiger partial charge in [0.1, 0.15) is 17.0 Å². The number of furan rings is 1. The van der Waals surface area contributed by atoms with E-state index >= 15 is 0 Å². The average Bonchev–Trinajstić information content (AvgIpc) is 2.86. The zero-order valence-electron chi connectivity index (χ0n) is 10.8. The quantitative estimate of drug-likeness (QED) is 0.884. The van der Waals surface area contributed by atoms with E-state index in [0.29, 0.717) is 16.2 Å². The molecule has 0 saturated carbocycles. The zero-order valence-corrected chi connectivity index (χ0v) is 12.4. The lowest BCUT2D eigenvalue weighted by atomic mass is 9.99. The third-order valence-electron chi connectivity index (χ3n) is 2.95. The van der Waals surface area contributed by atoms with E-state index in [9.17, 15) is 5.11 Å². The van der Waals surface area contributed by atoms with Crippen LogP contribution in [0.5, 0.6) is 5.75 Å². The number of aliphatic hydroxyl groups is 1. The number of ether oxygens (including phenoxy) is 1. The molecule has 0 aliphatic rings. The first-order valence-electron chi connectivity index (χ1n) is 5.87. The second-order valence-corrected chi connectivity index (χ2v) is 5.20. The van der Waals surface area contributed by atoms with Gasteiger partial charge in [-0.25, -0.2) is 0 Å². The molecule has 0 saturated heterocycles. The standard InChI is InChI=1S/C14H16BrNO3/c1-14(9-17,12-7-8-13(15)19-12)16-10-5-3-4-6-11(10)18-2/h3-8,16-17H,9H2,1-2H3. The van der Waals surface area contributed by atoms with Crippen LogP contribution in [0.15, 0.2) is 45.5 Å². The fraction of sp³-hybridized carbons (Fsp3) is 0.286. The Kier molecular flexibility index (Phi) is 4.17. The summed E-state index contributed by atoms with van der Waals surface area (Å²) in [6.07, 6.45) is 0. The highest BCUT2D eigenvalue weighted by molar-refractivity contribution is 9.10. The van der Waals surface area contributed by atoms with E-state index in [-0.39, 0.29) is 6.61 Å². The first-order chi connectivity index (χ1) is 9.09. The Balaban J connectivity index is 2.32. The first kappa shape index (κ1) is 14.0. The van der Waals surface area contributed by atoms with Crippen molar-refractivity contribution in [2.24, 2.45) is 0 Å². The van der Waals surface area contributed by atoms with Gasteiger partial charge in [-0.1, -0.05) is 12.1 Å². The Hall–Kier alpha value is -1.46. The molecule has 102 valence electrons. The van der Waals surface area contributed by atoms with Crippen LogP contribution in [0.1, 0.15) is 12.7 Å². The normalized spacial score (nSPS) is 13.9. The molecule has 1 heterocycles. The predicted molar refractivity (Wildman–Crippen MR) is 77.5 cm³/mol. The number of benzene rings is 1. The summed E-state index contributed by atoms with van der Waals surface area (Å²) in [5, 5.41) is 13.0. The number of para-hydroxylation sites is 2. The van der Waals surface area contributed by atoms with Crippen molar-refractivity contribution in [1.29, 1.82) is 0 Å². The van der Waals surface area contributed by atoms with Crippen LogP contribution in [0.2, 0.25) is 0 Å². The van der Waals surface area contributed by atoms with Crippen LogP contribution in [0.3, 0.4) is 0 Å². The number of methoxy groups -OCH3 is 1. The van der Waals surface area contributed by atoms with E-state index in [4.69, 9.17) is 9.15 Å². The summed E-state index contributed by atoms with van der Waals surface area (Å²) in [7, 11) is 1.61. The van der Waals surface area contributed by atoms with Crippen LogP contribution < -0.4 is 10.1 Å². The summed E-state index contributed by atoms with van der Waals surface area (Å²) in [5.74, 6) is 1.36. The fourth-order valence-corrected chi connectivity index (χ4v) is 2.14. The van der Waals surface area contributed by atoms with Crippen LogP contribution in [0.4, 0.5) is 5.69 Å². The number of halogens is 1. The predicted octanol–water partition coefficient (Wildman–Crippen LogP) is 3.37. The van der Waals surface area contributed by atoms with Gasteiger partial charge in [-0.2, -0.15) is 0 Å². The van der Waals surface area contributed by atoms with Gasteiger partial charge in [0.05, 0.1) is 19.4 Å². The summed E-state index contributed by atoms with van der Waals surface area (Å²) in [4.78, 5) is 0. The summed E-state index contributed by atoms with van der Waals surface area (Å²) in [5.41, 5.74) is 0.0785. The third kappa shape index (κ3) is 2.93. The highest BCUT2D eigenvalue weighted by Crippen LogP contribution is 2.32. The molecule has 4 nitrogen and oxygen atoms in total. The second kappa shape index (κ2) is 5.67. The number of anilines is 1. The Morgan fingerprint density at radius 2 is 2.05 bits per heavy atom. The van der Waals surface area contributed by atoms with Gasteiger partial charge >= 0.3 is 0 Å². The van der Waals surface area contributed by atoms with Crippen molar-refractivity contribution in [2.45, 2.75) is 12.5 Å². The molecule has 0 fully saturated rings. The molecule has 19 heavy (non-hydrogen) atoms. The second-order valence-electron chi connectivity index (χ2n) is 4.42. The van der Waals surface area contributed by atoms with Crippen molar-refractivity contribution in [2.75, 3.05) is 19.0 Å². The van der Waals surface area contributed by atoms with Gasteiger partial charge in [0.2, 0.25) is 0 Å². The van der Waals surface area contributed by atoms with Gasteiger partial charge in [0.15, 0.2) is 4.67 Å². The first-order valence-corrected chi connectivity index (χ1v) is 6.66. The summed E-state index contributed by atoms with van der Waals surface area (Å²) >= 11 is 3.27. The summed E-state index contributed by atoms with van der Waals surface area (Å²) in [6.45, 7) is 1.76. The largest absolute Gasteiger partial charge is 0.495 e. The topological polar surface area (TPSA) is 54.6 Å². The van der Waals surface area contributed by atoms with E-state index in [1.54, 1.807) is 13.2 Å². The molecule has 1 unspecified atom stereocenters. The van der Waals surface area contributed by atoms with Gasteiger partial charge in [-0.05, 0) is 47.1 Å². The number of nitrogens with one attached hydrogen (secondary N) is 1. The van der Waals surface area contributed by atoms with E-state index in [1.807, 2.05) is 37.3 Å². The molecule has 0 radical (unpaired) electrons. The Labute approximate surface area is 120 Å². The maximum atomic E-state index is 9.69. The average molecular weight is 326 g/mol. The van der Waals surface area contributed by atoms with Crippen molar-refractivity contribution < 1.29 is 14.3 Å². The molecule has 2 aromatic rings. The highest BCUT2D eigenvalue weighted by Gasteiger charge is 2.30. The Bertz CT molecular complexity index is 555. The summed E-state index contributed by atoms with van der Waals surface area (Å²) in [6, 6.07) is 11.2. The van der Waals surface area contributed by atoms with Crippen LogP contribution in [0.25, 0.3) is 0 Å². The SMILES string of the molecule is COc1ccccc1NC(C)(CO)c1ccc(Br)o1. The van der Waals surface area contributed by atoms with Crippen molar-refractivity contribution in [1.82, 2.24) is 0 Å². The van der Waals surface area contributed by atoms with E-state index in [1.165, 1.54) is 0 Å². The van der Waals surface area contributed by atoms with Crippen molar-refractivity contribution >= 4 is 21.6 Å². The highest BCUT2D eigenvalue weighted by atomic mass is 79.9. The minimum atomic E-state index is -0.722. The van der Waals surface area contributed by atoms with Gasteiger partial charge in [0.25, 0.3) is 0 Å². The molecule has 0 aliphatic carbocycles. The van der Waals surface area contributed by atoms with Crippen LogP contribution in [-0.4, -0.2) is 18.8 Å². The molecule has 0 bridgehead atoms. The molecule has 0 spiro atoms. The smallest absolute Gasteiger partial charge is 0.169 e. The number of hydrogen-bond donors (Lipinski definition) is 2. The van der Waals surface area contributed by atoms with Gasteiger partial charge in [0, 0.05) is 0 Å². The van der Waals surface area contributed by atoms with Gasteiger partial charge < -0.3 is 19.6 Å². The molecule has 1 atom stereocenters. The molecule has 0 aliphatic heterocycles. The minimum Gasteiger partial charge on any atom is -0.495 e. The number of aliphatic hydroxyl groups excluding tert-OH is 1. The van der Waals surface area contributed by atoms with Crippen molar-refractivity contribution in [3.8, 4) is 5.75 Å². The van der Waals surface area contributed by atoms with E-state index in [0.717, 1.165) is 5.69 Å². The lowest BCUT2D eigenvalue weighted by molar-refractivity contribution is 0.201. The lowest BCUT2D eigenvalue weighted by Crippen LogP contribution is -2.35. The molecule has 2 rings (SSSR count). The number of rotatable bonds is 5. The van der Waals surface area contributed by atoms with Gasteiger partial charge in [-0.3, -0.25) is 0 Å². The molecule has 2 N–H and O–H groups in total. The van der Waals surface area contributed by atoms with E-state index < -0.39 is 5.54 Å². The van der Waals surface area contributed by atoms with Crippen molar-refractivity contribution in [3.63, 3.8) is 0 Å². The van der Waals surface area contributed by atoms with Gasteiger partial charge in [-0.15, -0.1) is 0 Å². The molecule has 1 aromatic heterocycles. The van der Waals surface area contributed by atoms with Crippen LogP contribution in [0, 0.1) is 0 Å². The maximum Gasteiger partial charge on any atom is 0.169 e. The Morgan fingerprint density at radius 1 is 1.32 bits per heavy atom. The zero-order chi connectivity index (χ0) is 13.9. The molecular weight excluding hydrogens is 310 g/mol. The lowest BCUT2D eigenvalue weighted by Gasteiger charge is -2.28. The monoisotopic (exact) mass is 325 g/mol. The number of hydrogen-bond acceptors (Lipinski definition) is 4.